The van der Waals surface area contributed by atoms with E-state index in [9.17, 15) is 27.6 Å². The minimum Gasteiger partial charge on any atom is -0.481 e. The molecule has 3 heterocycles. The van der Waals surface area contributed by atoms with Crippen molar-refractivity contribution in [2.45, 2.75) is 25.2 Å². The summed E-state index contributed by atoms with van der Waals surface area (Å²) in [6.07, 6.45) is -3.99. The van der Waals surface area contributed by atoms with Crippen molar-refractivity contribution in [3.63, 3.8) is 0 Å². The molecule has 0 radical (unpaired) electrons. The summed E-state index contributed by atoms with van der Waals surface area (Å²) in [6, 6.07) is 8.60. The first kappa shape index (κ1) is 23.2. The third-order valence-corrected chi connectivity index (χ3v) is 6.69. The maximum atomic E-state index is 12.6. The van der Waals surface area contributed by atoms with Gasteiger partial charge in [-0.25, -0.2) is 0 Å². The van der Waals surface area contributed by atoms with Gasteiger partial charge in [0.2, 0.25) is 5.91 Å². The van der Waals surface area contributed by atoms with Crippen molar-refractivity contribution in [2.75, 3.05) is 24.6 Å². The summed E-state index contributed by atoms with van der Waals surface area (Å²) in [7, 11) is 0. The van der Waals surface area contributed by atoms with Gasteiger partial charge in [-0.15, -0.1) is 24.9 Å². The van der Waals surface area contributed by atoms with Crippen LogP contribution in [0.25, 0.3) is 11.1 Å². The number of carbonyl (C=O) groups excluding carboxylic acids is 1. The molecule has 2 aromatic rings. The lowest BCUT2D eigenvalue weighted by Gasteiger charge is -2.43. The summed E-state index contributed by atoms with van der Waals surface area (Å²) in [5, 5.41) is 8.77. The topological polar surface area (TPSA) is 88.8 Å². The molecule has 2 bridgehead atoms. The zero-order valence-electron chi connectivity index (χ0n) is 17.4. The van der Waals surface area contributed by atoms with Gasteiger partial charge in [0.15, 0.2) is 0 Å². The number of carbonyl (C=O) groups is 2. The number of amides is 1. The molecule has 1 amide bonds. The number of hydrogen-bond donors (Lipinski definition) is 1. The van der Waals surface area contributed by atoms with Crippen molar-refractivity contribution in [2.24, 2.45) is 5.92 Å². The average Bonchev–Trinajstić information content (AvgIpc) is 2.73. The molecule has 0 aliphatic carbocycles. The molecule has 2 unspecified atom stereocenters. The van der Waals surface area contributed by atoms with Crippen molar-refractivity contribution < 1.29 is 32.6 Å². The van der Waals surface area contributed by atoms with Crippen LogP contribution in [0.15, 0.2) is 41.2 Å². The molecule has 2 aliphatic heterocycles. The summed E-state index contributed by atoms with van der Waals surface area (Å²) in [4.78, 5) is 37.6. The van der Waals surface area contributed by atoms with Gasteiger partial charge in [-0.1, -0.05) is 12.1 Å². The fourth-order valence-electron chi connectivity index (χ4n) is 4.62. The zero-order chi connectivity index (χ0) is 23.8. The SMILES string of the molecule is O=C(O)CSCC(=O)N1CC2CC(C1)c1c(-c3ccc(OC(F)(F)F)cc3)ccc(=O)n1C2. The molecular formula is C22H21F3N2O5S. The van der Waals surface area contributed by atoms with Gasteiger partial charge < -0.3 is 19.3 Å². The van der Waals surface area contributed by atoms with Gasteiger partial charge in [0, 0.05) is 42.9 Å². The Balaban J connectivity index is 1.60. The first-order valence-electron chi connectivity index (χ1n) is 10.3. The second-order valence-corrected chi connectivity index (χ2v) is 9.12. The van der Waals surface area contributed by atoms with Crippen LogP contribution in [0.2, 0.25) is 0 Å². The average molecular weight is 482 g/mol. The molecule has 0 spiro atoms. The van der Waals surface area contributed by atoms with Gasteiger partial charge in [0.25, 0.3) is 5.56 Å². The van der Waals surface area contributed by atoms with Gasteiger partial charge in [0.05, 0.1) is 11.5 Å². The van der Waals surface area contributed by atoms with E-state index in [1.165, 1.54) is 30.3 Å². The van der Waals surface area contributed by atoms with E-state index in [-0.39, 0.29) is 40.6 Å². The van der Waals surface area contributed by atoms with Gasteiger partial charge in [-0.2, -0.15) is 0 Å². The van der Waals surface area contributed by atoms with E-state index in [1.807, 2.05) is 0 Å². The van der Waals surface area contributed by atoms with Gasteiger partial charge in [-0.3, -0.25) is 14.4 Å². The zero-order valence-corrected chi connectivity index (χ0v) is 18.2. The Kier molecular flexibility index (Phi) is 6.42. The van der Waals surface area contributed by atoms with Gasteiger partial charge >= 0.3 is 12.3 Å². The standard InChI is InChI=1S/C22H21F3N2O5S/c23-22(24,25)32-16-3-1-14(2-4-16)17-5-6-18(28)27-9-13-7-15(21(17)27)10-26(8-13)19(29)11-33-12-20(30)31/h1-6,13,15H,7-12H2,(H,30,31). The number of nitrogens with zero attached hydrogens (tertiary/aromatic N) is 2. The van der Waals surface area contributed by atoms with Crippen LogP contribution in [0.4, 0.5) is 13.2 Å². The monoisotopic (exact) mass is 482 g/mol. The largest absolute Gasteiger partial charge is 0.573 e. The predicted octanol–water partition coefficient (Wildman–Crippen LogP) is 3.18. The maximum absolute atomic E-state index is 12.6. The Hall–Kier alpha value is -2.95. The number of ether oxygens (including phenoxy) is 1. The van der Waals surface area contributed by atoms with E-state index in [4.69, 9.17) is 5.11 Å². The van der Waals surface area contributed by atoms with Crippen molar-refractivity contribution in [3.05, 3.63) is 52.4 Å². The molecule has 176 valence electrons. The van der Waals surface area contributed by atoms with E-state index >= 15 is 0 Å². The second kappa shape index (κ2) is 9.12. The fraction of sp³-hybridized carbons (Fsp3) is 0.409. The molecule has 11 heteroatoms. The van der Waals surface area contributed by atoms with E-state index in [2.05, 4.69) is 4.74 Å². The van der Waals surface area contributed by atoms with Crippen LogP contribution in [-0.2, 0) is 16.1 Å². The molecule has 7 nitrogen and oxygen atoms in total. The number of rotatable bonds is 6. The number of pyridine rings is 1. The van der Waals surface area contributed by atoms with Crippen LogP contribution < -0.4 is 10.3 Å². The van der Waals surface area contributed by atoms with Crippen LogP contribution in [0.3, 0.4) is 0 Å². The third kappa shape index (κ3) is 5.35. The number of likely N-dealkylation sites (tertiary alicyclic amines) is 1. The quantitative estimate of drug-likeness (QED) is 0.681. The van der Waals surface area contributed by atoms with Gasteiger partial charge in [0.1, 0.15) is 5.75 Å². The lowest BCUT2D eigenvalue weighted by atomic mass is 9.80. The summed E-state index contributed by atoms with van der Waals surface area (Å²) in [5.41, 5.74) is 1.98. The summed E-state index contributed by atoms with van der Waals surface area (Å²) >= 11 is 1.05. The van der Waals surface area contributed by atoms with Crippen molar-refractivity contribution in [1.82, 2.24) is 9.47 Å². The molecule has 2 aliphatic rings. The van der Waals surface area contributed by atoms with E-state index in [0.717, 1.165) is 29.4 Å². The Morgan fingerprint density at radius 3 is 2.45 bits per heavy atom. The second-order valence-electron chi connectivity index (χ2n) is 8.14. The number of piperidine rings is 1. The van der Waals surface area contributed by atoms with E-state index in [0.29, 0.717) is 25.2 Å². The van der Waals surface area contributed by atoms with Crippen LogP contribution in [0.5, 0.6) is 5.75 Å². The highest BCUT2D eigenvalue weighted by Crippen LogP contribution is 2.40. The Bertz CT molecular complexity index is 1120. The van der Waals surface area contributed by atoms with Crippen molar-refractivity contribution in [3.8, 4) is 16.9 Å². The lowest BCUT2D eigenvalue weighted by molar-refractivity contribution is -0.274. The highest BCUT2D eigenvalue weighted by molar-refractivity contribution is 8.00. The number of fused-ring (bicyclic) bond motifs is 4. The number of halogens is 3. The van der Waals surface area contributed by atoms with Gasteiger partial charge in [-0.05, 0) is 36.1 Å². The molecule has 1 fully saturated rings. The first-order chi connectivity index (χ1) is 15.6. The summed E-state index contributed by atoms with van der Waals surface area (Å²) in [5.74, 6) is -1.54. The van der Waals surface area contributed by atoms with Crippen molar-refractivity contribution in [1.29, 1.82) is 0 Å². The number of benzene rings is 1. The van der Waals surface area contributed by atoms with Crippen LogP contribution >= 0.6 is 11.8 Å². The number of alkyl halides is 3. The number of carboxylic acid groups (broad SMARTS) is 1. The minimum absolute atomic E-state index is 0.0703. The number of aliphatic carboxylic acids is 1. The minimum atomic E-state index is -4.78. The number of thioether (sulfide) groups is 1. The first-order valence-corrected chi connectivity index (χ1v) is 11.4. The molecule has 1 aromatic carbocycles. The Morgan fingerprint density at radius 2 is 1.79 bits per heavy atom. The highest BCUT2D eigenvalue weighted by Gasteiger charge is 2.38. The normalized spacial score (nSPS) is 19.7. The van der Waals surface area contributed by atoms with E-state index < -0.39 is 12.3 Å². The molecule has 2 atom stereocenters. The van der Waals surface area contributed by atoms with Crippen molar-refractivity contribution >= 4 is 23.6 Å². The van der Waals surface area contributed by atoms with E-state index in [1.54, 1.807) is 15.5 Å². The number of aromatic nitrogens is 1. The molecule has 1 N–H and O–H groups in total. The smallest absolute Gasteiger partial charge is 0.481 e. The summed E-state index contributed by atoms with van der Waals surface area (Å²) in [6.45, 7) is 1.34. The predicted molar refractivity (Wildman–Crippen MR) is 115 cm³/mol. The molecule has 1 aromatic heterocycles. The Labute approximate surface area is 191 Å². The van der Waals surface area contributed by atoms with Crippen LogP contribution in [0, 0.1) is 5.92 Å². The molecule has 33 heavy (non-hydrogen) atoms. The Morgan fingerprint density at radius 1 is 1.06 bits per heavy atom. The fourth-order valence-corrected chi connectivity index (χ4v) is 5.25. The number of hydrogen-bond acceptors (Lipinski definition) is 5. The van der Waals surface area contributed by atoms with Crippen LogP contribution in [-0.4, -0.2) is 57.4 Å². The number of carboxylic acids is 1. The lowest BCUT2D eigenvalue weighted by Crippen LogP contribution is -2.49. The molecule has 4 rings (SSSR count). The maximum Gasteiger partial charge on any atom is 0.573 e. The highest BCUT2D eigenvalue weighted by atomic mass is 32.2. The molecular weight excluding hydrogens is 461 g/mol. The molecule has 0 saturated carbocycles. The third-order valence-electron chi connectivity index (χ3n) is 5.79. The summed E-state index contributed by atoms with van der Waals surface area (Å²) < 4.78 is 43.1. The molecule has 1 saturated heterocycles. The van der Waals surface area contributed by atoms with Crippen LogP contribution in [0.1, 0.15) is 18.0 Å².